The molecule has 0 unspecified atom stereocenters. The molecule has 0 saturated carbocycles. The molecule has 0 heterocycles. The summed E-state index contributed by atoms with van der Waals surface area (Å²) < 4.78 is 103. The average Bonchev–Trinajstić information content (AvgIpc) is 1.76. The first kappa shape index (κ1) is 32.3. The zero-order valence-corrected chi connectivity index (χ0v) is 19.1. The van der Waals surface area contributed by atoms with Crippen molar-refractivity contribution in [2.24, 2.45) is 0 Å². The predicted molar refractivity (Wildman–Crippen MR) is 0 cm³/mol. The first-order valence-corrected chi connectivity index (χ1v) is 12.4. The third-order valence-corrected chi connectivity index (χ3v) is 0. The fraction of sp³-hybridized carbons (Fsp3) is 0. The zero-order valence-electron chi connectivity index (χ0n) is 6.91. The van der Waals surface area contributed by atoms with Crippen LogP contribution in [0.2, 0.25) is 0 Å². The van der Waals surface area contributed by atoms with Crippen molar-refractivity contribution in [3.63, 3.8) is 0 Å². The number of hydrogen-bond acceptors (Lipinski definition) is 12. The third kappa shape index (κ3) is 528. The van der Waals surface area contributed by atoms with Crippen LogP contribution in [0.25, 0.3) is 0 Å². The molecular weight excluding hydrogens is 878 g/mol. The fourth-order valence-corrected chi connectivity index (χ4v) is 0. The second kappa shape index (κ2) is 27.6. The topological polar surface area (TPSA) is 277 Å². The summed E-state index contributed by atoms with van der Waals surface area (Å²) in [5, 5.41) is 0. The maximum atomic E-state index is 8.57. The van der Waals surface area contributed by atoms with Crippen molar-refractivity contribution in [3.05, 3.63) is 0 Å². The summed E-state index contributed by atoms with van der Waals surface area (Å²) >= 11 is -16.1. The molecule has 0 fully saturated rings. The summed E-state index contributed by atoms with van der Waals surface area (Å²) in [5.41, 5.74) is 0. The molecule has 12 nitrogen and oxygen atoms in total. The quantitative estimate of drug-likeness (QED) is 0.162. The zero-order chi connectivity index (χ0) is 14.3. The minimum atomic E-state index is -4.01. The standard InChI is InChI=1S/Hf.4IO3/c;4*2-1(3)4/q+4;4*-1. The Balaban J connectivity index is -0.0000000369. The molecular formula is HfI4O12. The normalized spacial score (nSPS) is 8.47. The van der Waals surface area contributed by atoms with E-state index in [0.29, 0.717) is 0 Å². The van der Waals surface area contributed by atoms with Gasteiger partial charge in [-0.1, -0.05) is 0 Å². The molecule has 0 N–H and O–H groups in total. The van der Waals surface area contributed by atoms with Crippen molar-refractivity contribution in [2.45, 2.75) is 0 Å². The van der Waals surface area contributed by atoms with E-state index in [2.05, 4.69) is 0 Å². The van der Waals surface area contributed by atoms with E-state index in [0.717, 1.165) is 0 Å². The van der Waals surface area contributed by atoms with Gasteiger partial charge in [0, 0.05) is 0 Å². The fourth-order valence-electron chi connectivity index (χ4n) is 0. The van der Waals surface area contributed by atoms with Crippen LogP contribution in [0.3, 0.4) is 0 Å². The van der Waals surface area contributed by atoms with Gasteiger partial charge in [-0.2, -0.15) is 0 Å². The summed E-state index contributed by atoms with van der Waals surface area (Å²) in [6.45, 7) is 0. The number of hydrogen-bond donors (Lipinski definition) is 0. The van der Waals surface area contributed by atoms with Gasteiger partial charge in [-0.05, 0) is 0 Å². The summed E-state index contributed by atoms with van der Waals surface area (Å²) in [5.74, 6) is 0. The Morgan fingerprint density at radius 2 is 0.294 bits per heavy atom. The van der Waals surface area contributed by atoms with E-state index in [9.17, 15) is 0 Å². The molecule has 0 bridgehead atoms. The second-order valence-corrected chi connectivity index (χ2v) is 5.07. The van der Waals surface area contributed by atoms with Gasteiger partial charge in [0.15, 0.2) is 0 Å². The van der Waals surface area contributed by atoms with Crippen LogP contribution in [0.15, 0.2) is 0 Å². The van der Waals surface area contributed by atoms with Gasteiger partial charge in [-0.3, -0.25) is 0 Å². The average molecular weight is 878 g/mol. The van der Waals surface area contributed by atoms with E-state index in [1.807, 2.05) is 0 Å². The van der Waals surface area contributed by atoms with Crippen molar-refractivity contribution < 1.29 is 151 Å². The van der Waals surface area contributed by atoms with Gasteiger partial charge in [0.1, 0.15) is 0 Å². The van der Waals surface area contributed by atoms with Crippen LogP contribution in [0.4, 0.5) is 0 Å². The summed E-state index contributed by atoms with van der Waals surface area (Å²) in [6, 6.07) is 0. The first-order chi connectivity index (χ1) is 6.93. The van der Waals surface area contributed by atoms with Gasteiger partial charge in [0.25, 0.3) is 84.3 Å². The molecule has 0 aliphatic carbocycles. The van der Waals surface area contributed by atoms with Gasteiger partial charge in [0.05, 0.1) is 0 Å². The van der Waals surface area contributed by atoms with Crippen molar-refractivity contribution >= 4 is 0 Å². The Bertz CT molecular complexity index is 61.5. The van der Waals surface area contributed by atoms with Gasteiger partial charge >= 0.3 is 25.8 Å². The molecule has 0 aromatic rings. The molecule has 0 aromatic heterocycles. The van der Waals surface area contributed by atoms with E-state index in [-0.39, 0.29) is 25.8 Å². The Morgan fingerprint density at radius 3 is 0.294 bits per heavy atom. The van der Waals surface area contributed by atoms with Crippen LogP contribution in [0, 0.1) is 0 Å². The van der Waals surface area contributed by atoms with Crippen molar-refractivity contribution in [1.82, 2.24) is 0 Å². The van der Waals surface area contributed by atoms with E-state index >= 15 is 0 Å². The molecule has 0 saturated heterocycles. The van der Waals surface area contributed by atoms with E-state index in [4.69, 9.17) is 41.2 Å². The SMILES string of the molecule is [Hf+4].[O-][I+2]([O-])[O-].[O-][I+2]([O-])[O-].[O-][I+2]([O-])[O-].[O-][I+2]([O-])[O-]. The van der Waals surface area contributed by atoms with Gasteiger partial charge in [-0.25, -0.2) is 0 Å². The van der Waals surface area contributed by atoms with Gasteiger partial charge in [-0.15, -0.1) is 0 Å². The van der Waals surface area contributed by atoms with Gasteiger partial charge in [0.2, 0.25) is 0 Å². The molecule has 0 aromatic carbocycles. The van der Waals surface area contributed by atoms with E-state index < -0.39 is 84.3 Å². The third-order valence-electron chi connectivity index (χ3n) is 0. The minimum Gasteiger partial charge on any atom is -0.427 e. The summed E-state index contributed by atoms with van der Waals surface area (Å²) in [7, 11) is 0. The van der Waals surface area contributed by atoms with Crippen LogP contribution in [-0.2, 0) is 25.8 Å². The molecule has 17 heteroatoms. The second-order valence-electron chi connectivity index (χ2n) is 0.756. The largest absolute Gasteiger partial charge is 4.00 e. The maximum Gasteiger partial charge on any atom is 4.00 e. The molecule has 0 aliphatic rings. The molecule has 104 valence electrons. The van der Waals surface area contributed by atoms with Crippen molar-refractivity contribution in [3.8, 4) is 0 Å². The summed E-state index contributed by atoms with van der Waals surface area (Å²) in [6.07, 6.45) is 0. The van der Waals surface area contributed by atoms with Crippen LogP contribution in [-0.4, -0.2) is 0 Å². The van der Waals surface area contributed by atoms with Crippen molar-refractivity contribution in [1.29, 1.82) is 0 Å². The predicted octanol–water partition coefficient (Wildman–Crippen LogP) is -26.3. The van der Waals surface area contributed by atoms with E-state index in [1.165, 1.54) is 0 Å². The molecule has 0 rings (SSSR count). The van der Waals surface area contributed by atoms with Crippen LogP contribution >= 0.6 is 0 Å². The van der Waals surface area contributed by atoms with E-state index in [1.54, 1.807) is 0 Å². The summed E-state index contributed by atoms with van der Waals surface area (Å²) in [4.78, 5) is 0. The molecule has 17 heavy (non-hydrogen) atoms. The smallest absolute Gasteiger partial charge is 0.427 e. The Kier molecular flexibility index (Phi) is 52.5. The van der Waals surface area contributed by atoms with Gasteiger partial charge < -0.3 is 41.2 Å². The Morgan fingerprint density at radius 1 is 0.294 bits per heavy atom. The van der Waals surface area contributed by atoms with Crippen molar-refractivity contribution in [2.75, 3.05) is 0 Å². The first-order valence-electron chi connectivity index (χ1n) is 1.85. The Hall–Kier alpha value is 3.31. The molecule has 0 amide bonds. The minimum absolute atomic E-state index is 0. The van der Waals surface area contributed by atoms with Crippen LogP contribution in [0.5, 0.6) is 0 Å². The Labute approximate surface area is 148 Å². The van der Waals surface area contributed by atoms with Crippen LogP contribution in [0.1, 0.15) is 0 Å². The number of rotatable bonds is 0. The van der Waals surface area contributed by atoms with Crippen LogP contribution < -0.4 is 125 Å². The number of halogens is 4. The molecule has 0 spiro atoms. The maximum absolute atomic E-state index is 8.57. The molecule has 0 radical (unpaired) electrons. The molecule has 0 atom stereocenters. The monoisotopic (exact) mass is 880 g/mol. The molecule has 0 aliphatic heterocycles.